The Labute approximate surface area is 79.0 Å². The first-order chi connectivity index (χ1) is 6.36. The molecule has 4 fully saturated rings. The standard InChI is InChI=1S/C11H18O2/c12-4-10-6-1-2-7(11(10)5-13)9-3-8(6)9/h6-13H,1-5H2. The summed E-state index contributed by atoms with van der Waals surface area (Å²) in [4.78, 5) is 0. The predicted molar refractivity (Wildman–Crippen MR) is 49.0 cm³/mol. The van der Waals surface area contributed by atoms with Crippen molar-refractivity contribution in [2.45, 2.75) is 19.3 Å². The van der Waals surface area contributed by atoms with E-state index in [1.807, 2.05) is 0 Å². The maximum atomic E-state index is 9.34. The SMILES string of the molecule is OCC1C(CO)C2CCC1C1CC21. The Bertz CT molecular complexity index is 194. The van der Waals surface area contributed by atoms with E-state index in [1.165, 1.54) is 19.3 Å². The molecule has 4 saturated carbocycles. The predicted octanol–water partition coefficient (Wildman–Crippen LogP) is 0.879. The topological polar surface area (TPSA) is 40.5 Å². The van der Waals surface area contributed by atoms with Crippen molar-refractivity contribution in [2.75, 3.05) is 13.2 Å². The molecule has 2 heteroatoms. The second-order valence-corrected chi connectivity index (χ2v) is 5.16. The molecule has 2 bridgehead atoms. The molecule has 6 atom stereocenters. The largest absolute Gasteiger partial charge is 0.396 e. The van der Waals surface area contributed by atoms with Crippen LogP contribution in [-0.4, -0.2) is 23.4 Å². The number of hydrogen-bond donors (Lipinski definition) is 2. The summed E-state index contributed by atoms with van der Waals surface area (Å²) in [6.45, 7) is 0.602. The maximum absolute atomic E-state index is 9.34. The molecule has 0 radical (unpaired) electrons. The van der Waals surface area contributed by atoms with Crippen molar-refractivity contribution < 1.29 is 10.2 Å². The van der Waals surface area contributed by atoms with E-state index in [2.05, 4.69) is 0 Å². The van der Waals surface area contributed by atoms with Crippen molar-refractivity contribution in [2.24, 2.45) is 35.5 Å². The lowest BCUT2D eigenvalue weighted by Gasteiger charge is -2.47. The number of fused-ring (bicyclic) bond motifs is 2. The smallest absolute Gasteiger partial charge is 0.0465 e. The average molecular weight is 182 g/mol. The third-order valence-electron chi connectivity index (χ3n) is 4.90. The minimum Gasteiger partial charge on any atom is -0.396 e. The van der Waals surface area contributed by atoms with E-state index in [1.54, 1.807) is 0 Å². The molecular weight excluding hydrogens is 164 g/mol. The third kappa shape index (κ3) is 0.962. The normalized spacial score (nSPS) is 57.7. The minimum atomic E-state index is 0.301. The fourth-order valence-electron chi connectivity index (χ4n) is 4.27. The second kappa shape index (κ2) is 2.71. The third-order valence-corrected chi connectivity index (χ3v) is 4.90. The van der Waals surface area contributed by atoms with Gasteiger partial charge in [-0.1, -0.05) is 0 Å². The fourth-order valence-corrected chi connectivity index (χ4v) is 4.27. The Morgan fingerprint density at radius 1 is 0.769 bits per heavy atom. The van der Waals surface area contributed by atoms with Crippen molar-refractivity contribution in [1.82, 2.24) is 0 Å². The monoisotopic (exact) mass is 182 g/mol. The van der Waals surface area contributed by atoms with Crippen LogP contribution in [0.25, 0.3) is 0 Å². The quantitative estimate of drug-likeness (QED) is 0.665. The Hall–Kier alpha value is -0.0800. The van der Waals surface area contributed by atoms with Crippen molar-refractivity contribution >= 4 is 0 Å². The van der Waals surface area contributed by atoms with Gasteiger partial charge in [-0.3, -0.25) is 0 Å². The Balaban J connectivity index is 1.87. The van der Waals surface area contributed by atoms with Crippen LogP contribution in [0.3, 0.4) is 0 Å². The highest BCUT2D eigenvalue weighted by Gasteiger charge is 2.60. The molecule has 6 unspecified atom stereocenters. The van der Waals surface area contributed by atoms with Gasteiger partial charge in [-0.05, 0) is 54.8 Å². The van der Waals surface area contributed by atoms with E-state index < -0.39 is 0 Å². The average Bonchev–Trinajstić information content (AvgIpc) is 2.97. The molecule has 4 rings (SSSR count). The zero-order valence-corrected chi connectivity index (χ0v) is 7.89. The summed E-state index contributed by atoms with van der Waals surface area (Å²) in [5, 5.41) is 18.7. The van der Waals surface area contributed by atoms with E-state index in [4.69, 9.17) is 0 Å². The number of aliphatic hydroxyl groups is 2. The lowest BCUT2D eigenvalue weighted by atomic mass is 9.59. The van der Waals surface area contributed by atoms with Gasteiger partial charge in [0.1, 0.15) is 0 Å². The zero-order valence-electron chi connectivity index (χ0n) is 7.89. The van der Waals surface area contributed by atoms with Crippen LogP contribution >= 0.6 is 0 Å². The summed E-state index contributed by atoms with van der Waals surface area (Å²) < 4.78 is 0. The molecule has 0 heterocycles. The van der Waals surface area contributed by atoms with Gasteiger partial charge in [-0.2, -0.15) is 0 Å². The molecule has 0 aromatic rings. The van der Waals surface area contributed by atoms with E-state index >= 15 is 0 Å². The Morgan fingerprint density at radius 3 is 1.62 bits per heavy atom. The van der Waals surface area contributed by atoms with E-state index in [-0.39, 0.29) is 0 Å². The number of rotatable bonds is 2. The first-order valence-corrected chi connectivity index (χ1v) is 5.58. The van der Waals surface area contributed by atoms with E-state index in [9.17, 15) is 10.2 Å². The van der Waals surface area contributed by atoms with Gasteiger partial charge in [0, 0.05) is 13.2 Å². The molecule has 0 aromatic heterocycles. The summed E-state index contributed by atoms with van der Waals surface area (Å²) in [7, 11) is 0. The second-order valence-electron chi connectivity index (χ2n) is 5.16. The van der Waals surface area contributed by atoms with Crippen LogP contribution in [0.5, 0.6) is 0 Å². The molecule has 0 aromatic carbocycles. The first kappa shape index (κ1) is 8.25. The lowest BCUT2D eigenvalue weighted by Crippen LogP contribution is -2.45. The number of hydrogen-bond acceptors (Lipinski definition) is 2. The number of aliphatic hydroxyl groups excluding tert-OH is 2. The molecule has 4 aliphatic rings. The van der Waals surface area contributed by atoms with Crippen molar-refractivity contribution in [3.8, 4) is 0 Å². The molecule has 2 nitrogen and oxygen atoms in total. The van der Waals surface area contributed by atoms with E-state index in [0.29, 0.717) is 25.0 Å². The van der Waals surface area contributed by atoms with Crippen LogP contribution < -0.4 is 0 Å². The summed E-state index contributed by atoms with van der Waals surface area (Å²) in [5.41, 5.74) is 0. The van der Waals surface area contributed by atoms with Crippen molar-refractivity contribution in [3.63, 3.8) is 0 Å². The van der Waals surface area contributed by atoms with Crippen LogP contribution in [0.1, 0.15) is 19.3 Å². The van der Waals surface area contributed by atoms with Crippen LogP contribution in [0.15, 0.2) is 0 Å². The summed E-state index contributed by atoms with van der Waals surface area (Å²) in [6.07, 6.45) is 4.02. The highest BCUT2D eigenvalue weighted by molar-refractivity contribution is 5.08. The van der Waals surface area contributed by atoms with Gasteiger partial charge >= 0.3 is 0 Å². The van der Waals surface area contributed by atoms with Gasteiger partial charge in [0.2, 0.25) is 0 Å². The molecule has 4 aliphatic carbocycles. The molecule has 74 valence electrons. The molecule has 0 saturated heterocycles. The molecule has 13 heavy (non-hydrogen) atoms. The van der Waals surface area contributed by atoms with Gasteiger partial charge in [-0.25, -0.2) is 0 Å². The molecule has 2 N–H and O–H groups in total. The van der Waals surface area contributed by atoms with Crippen LogP contribution in [-0.2, 0) is 0 Å². The van der Waals surface area contributed by atoms with Gasteiger partial charge in [-0.15, -0.1) is 0 Å². The minimum absolute atomic E-state index is 0.301. The Morgan fingerprint density at radius 2 is 1.23 bits per heavy atom. The maximum Gasteiger partial charge on any atom is 0.0465 e. The first-order valence-electron chi connectivity index (χ1n) is 5.58. The van der Waals surface area contributed by atoms with E-state index in [0.717, 1.165) is 23.7 Å². The summed E-state index contributed by atoms with van der Waals surface area (Å²) in [6, 6.07) is 0. The Kier molecular flexibility index (Phi) is 1.72. The van der Waals surface area contributed by atoms with Crippen LogP contribution in [0.4, 0.5) is 0 Å². The molecule has 0 aliphatic heterocycles. The fraction of sp³-hybridized carbons (Fsp3) is 1.00. The van der Waals surface area contributed by atoms with Gasteiger partial charge < -0.3 is 10.2 Å². The van der Waals surface area contributed by atoms with Gasteiger partial charge in [0.25, 0.3) is 0 Å². The summed E-state index contributed by atoms with van der Waals surface area (Å²) in [5.74, 6) is 4.20. The van der Waals surface area contributed by atoms with Crippen LogP contribution in [0, 0.1) is 35.5 Å². The van der Waals surface area contributed by atoms with Crippen molar-refractivity contribution in [3.05, 3.63) is 0 Å². The highest BCUT2D eigenvalue weighted by atomic mass is 16.3. The lowest BCUT2D eigenvalue weighted by molar-refractivity contribution is -0.0421. The van der Waals surface area contributed by atoms with Gasteiger partial charge in [0.15, 0.2) is 0 Å². The van der Waals surface area contributed by atoms with Gasteiger partial charge in [0.05, 0.1) is 0 Å². The highest BCUT2D eigenvalue weighted by Crippen LogP contribution is 2.65. The zero-order chi connectivity index (χ0) is 9.00. The van der Waals surface area contributed by atoms with Crippen LogP contribution in [0.2, 0.25) is 0 Å². The summed E-state index contributed by atoms with van der Waals surface area (Å²) >= 11 is 0. The molecule has 0 spiro atoms. The van der Waals surface area contributed by atoms with Crippen molar-refractivity contribution in [1.29, 1.82) is 0 Å². The molecule has 0 amide bonds. The molecular formula is C11H18O2.